The minimum Gasteiger partial charge on any atom is -0.314 e. The molecule has 1 aliphatic heterocycles. The van der Waals surface area contributed by atoms with Crippen molar-refractivity contribution in [2.45, 2.75) is 59.7 Å². The van der Waals surface area contributed by atoms with Crippen molar-refractivity contribution >= 4 is 0 Å². The third kappa shape index (κ3) is 4.78. The van der Waals surface area contributed by atoms with Gasteiger partial charge in [-0.15, -0.1) is 0 Å². The van der Waals surface area contributed by atoms with Gasteiger partial charge in [0.2, 0.25) is 0 Å². The average molecular weight is 293 g/mol. The van der Waals surface area contributed by atoms with E-state index in [9.17, 15) is 0 Å². The number of aromatic nitrogens is 3. The fourth-order valence-electron chi connectivity index (χ4n) is 3.12. The molecule has 21 heavy (non-hydrogen) atoms. The van der Waals surface area contributed by atoms with E-state index < -0.39 is 0 Å². The fraction of sp³-hybridized carbons (Fsp3) is 0.875. The Morgan fingerprint density at radius 3 is 2.90 bits per heavy atom. The summed E-state index contributed by atoms with van der Waals surface area (Å²) in [6.07, 6.45) is 4.14. The third-order valence-corrected chi connectivity index (χ3v) is 4.24. The van der Waals surface area contributed by atoms with E-state index in [-0.39, 0.29) is 0 Å². The van der Waals surface area contributed by atoms with E-state index in [0.29, 0.717) is 17.9 Å². The van der Waals surface area contributed by atoms with E-state index in [1.807, 2.05) is 0 Å². The van der Waals surface area contributed by atoms with Gasteiger partial charge in [0.15, 0.2) is 0 Å². The summed E-state index contributed by atoms with van der Waals surface area (Å²) in [6, 6.07) is 0.676. The van der Waals surface area contributed by atoms with Crippen molar-refractivity contribution in [1.82, 2.24) is 25.0 Å². The molecule has 0 spiro atoms. The summed E-state index contributed by atoms with van der Waals surface area (Å²) >= 11 is 0. The Balaban J connectivity index is 1.86. The highest BCUT2D eigenvalue weighted by atomic mass is 15.3. The molecule has 2 heterocycles. The molecule has 2 atom stereocenters. The fourth-order valence-corrected chi connectivity index (χ4v) is 3.12. The van der Waals surface area contributed by atoms with Crippen LogP contribution in [0.3, 0.4) is 0 Å². The minimum absolute atomic E-state index is 0.605. The van der Waals surface area contributed by atoms with Crippen LogP contribution in [0.4, 0.5) is 0 Å². The molecule has 0 saturated carbocycles. The summed E-state index contributed by atoms with van der Waals surface area (Å²) < 4.78 is 2.07. The monoisotopic (exact) mass is 293 g/mol. The molecule has 1 aliphatic rings. The minimum atomic E-state index is 0.605. The van der Waals surface area contributed by atoms with Gasteiger partial charge in [0, 0.05) is 25.7 Å². The normalized spacial score (nSPS) is 23.9. The van der Waals surface area contributed by atoms with Gasteiger partial charge < -0.3 is 5.32 Å². The summed E-state index contributed by atoms with van der Waals surface area (Å²) in [4.78, 5) is 6.98. The molecule has 1 fully saturated rings. The molecule has 1 saturated heterocycles. The van der Waals surface area contributed by atoms with Gasteiger partial charge >= 0.3 is 0 Å². The van der Waals surface area contributed by atoms with Crippen molar-refractivity contribution in [3.8, 4) is 0 Å². The lowest BCUT2D eigenvalue weighted by Gasteiger charge is -2.37. The molecular formula is C16H31N5. The molecule has 1 aromatic rings. The molecule has 0 amide bonds. The standard InChI is InChI=1S/C16H31N5/c1-5-7-17-15-6-8-20(10-14(15)4)11-16-18-12-19-21(16)9-13(2)3/h12-15,17H,5-11H2,1-4H3. The SMILES string of the molecule is CCCNC1CCN(Cc2ncnn2CC(C)C)CC1C. The summed E-state index contributed by atoms with van der Waals surface area (Å²) in [6.45, 7) is 14.4. The van der Waals surface area contributed by atoms with Gasteiger partial charge in [-0.2, -0.15) is 5.10 Å². The van der Waals surface area contributed by atoms with E-state index in [1.54, 1.807) is 6.33 Å². The Labute approximate surface area is 129 Å². The number of nitrogens with zero attached hydrogens (tertiary/aromatic N) is 4. The van der Waals surface area contributed by atoms with Gasteiger partial charge in [0.25, 0.3) is 0 Å². The van der Waals surface area contributed by atoms with E-state index >= 15 is 0 Å². The molecule has 2 unspecified atom stereocenters. The second-order valence-corrected chi connectivity index (χ2v) is 6.81. The molecule has 5 nitrogen and oxygen atoms in total. The predicted octanol–water partition coefficient (Wildman–Crippen LogP) is 2.14. The van der Waals surface area contributed by atoms with E-state index in [0.717, 1.165) is 38.5 Å². The Hall–Kier alpha value is -0.940. The van der Waals surface area contributed by atoms with Crippen LogP contribution < -0.4 is 5.32 Å². The van der Waals surface area contributed by atoms with Crippen LogP contribution in [0.1, 0.15) is 46.4 Å². The first-order valence-corrected chi connectivity index (χ1v) is 8.42. The lowest BCUT2D eigenvalue weighted by Crippen LogP contribution is -2.48. The lowest BCUT2D eigenvalue weighted by atomic mass is 9.93. The summed E-state index contributed by atoms with van der Waals surface area (Å²) in [5.74, 6) is 2.41. The van der Waals surface area contributed by atoms with Crippen LogP contribution in [0.15, 0.2) is 6.33 Å². The lowest BCUT2D eigenvalue weighted by molar-refractivity contribution is 0.136. The van der Waals surface area contributed by atoms with Gasteiger partial charge in [0.1, 0.15) is 12.2 Å². The van der Waals surface area contributed by atoms with E-state index in [1.165, 1.54) is 12.8 Å². The molecular weight excluding hydrogens is 262 g/mol. The first-order valence-electron chi connectivity index (χ1n) is 8.42. The van der Waals surface area contributed by atoms with Crippen molar-refractivity contribution in [2.24, 2.45) is 11.8 Å². The first kappa shape index (κ1) is 16.4. The largest absolute Gasteiger partial charge is 0.314 e. The van der Waals surface area contributed by atoms with Crippen LogP contribution in [0, 0.1) is 11.8 Å². The molecule has 0 bridgehead atoms. The first-order chi connectivity index (χ1) is 10.1. The summed E-state index contributed by atoms with van der Waals surface area (Å²) in [5, 5.41) is 8.04. The second kappa shape index (κ2) is 7.90. The van der Waals surface area contributed by atoms with Crippen molar-refractivity contribution in [1.29, 1.82) is 0 Å². The van der Waals surface area contributed by atoms with Gasteiger partial charge in [-0.05, 0) is 31.2 Å². The molecule has 5 heteroatoms. The van der Waals surface area contributed by atoms with Crippen LogP contribution in [0.25, 0.3) is 0 Å². The second-order valence-electron chi connectivity index (χ2n) is 6.81. The van der Waals surface area contributed by atoms with Crippen LogP contribution in [-0.4, -0.2) is 45.3 Å². The van der Waals surface area contributed by atoms with Crippen molar-refractivity contribution in [2.75, 3.05) is 19.6 Å². The highest BCUT2D eigenvalue weighted by molar-refractivity contribution is 4.89. The Kier molecular flexibility index (Phi) is 6.18. The van der Waals surface area contributed by atoms with Crippen LogP contribution in [0.5, 0.6) is 0 Å². The van der Waals surface area contributed by atoms with Gasteiger partial charge in [-0.25, -0.2) is 9.67 Å². The third-order valence-electron chi connectivity index (χ3n) is 4.24. The molecule has 120 valence electrons. The molecule has 0 radical (unpaired) electrons. The maximum Gasteiger partial charge on any atom is 0.141 e. The summed E-state index contributed by atoms with van der Waals surface area (Å²) in [7, 11) is 0. The highest BCUT2D eigenvalue weighted by Crippen LogP contribution is 2.18. The zero-order valence-corrected chi connectivity index (χ0v) is 14.0. The van der Waals surface area contributed by atoms with Crippen LogP contribution in [0.2, 0.25) is 0 Å². The number of nitrogens with one attached hydrogen (secondary N) is 1. The van der Waals surface area contributed by atoms with Gasteiger partial charge in [-0.3, -0.25) is 4.90 Å². The number of likely N-dealkylation sites (tertiary alicyclic amines) is 1. The smallest absolute Gasteiger partial charge is 0.141 e. The Morgan fingerprint density at radius 1 is 1.43 bits per heavy atom. The average Bonchev–Trinajstić information content (AvgIpc) is 2.84. The van der Waals surface area contributed by atoms with E-state index in [2.05, 4.69) is 52.7 Å². The number of hydrogen-bond acceptors (Lipinski definition) is 4. The quantitative estimate of drug-likeness (QED) is 0.837. The Morgan fingerprint density at radius 2 is 2.24 bits per heavy atom. The Bertz CT molecular complexity index is 415. The van der Waals surface area contributed by atoms with E-state index in [4.69, 9.17) is 0 Å². The maximum absolute atomic E-state index is 4.45. The zero-order chi connectivity index (χ0) is 15.2. The topological polar surface area (TPSA) is 46.0 Å². The summed E-state index contributed by atoms with van der Waals surface area (Å²) in [5.41, 5.74) is 0. The number of rotatable bonds is 7. The molecule has 0 aromatic carbocycles. The molecule has 2 rings (SSSR count). The number of hydrogen-bond donors (Lipinski definition) is 1. The van der Waals surface area contributed by atoms with Crippen molar-refractivity contribution < 1.29 is 0 Å². The molecule has 1 aromatic heterocycles. The van der Waals surface area contributed by atoms with Crippen LogP contribution in [-0.2, 0) is 13.1 Å². The van der Waals surface area contributed by atoms with Crippen molar-refractivity contribution in [3.05, 3.63) is 12.2 Å². The number of piperidine rings is 1. The molecule has 0 aliphatic carbocycles. The highest BCUT2D eigenvalue weighted by Gasteiger charge is 2.26. The zero-order valence-electron chi connectivity index (χ0n) is 14.0. The van der Waals surface area contributed by atoms with Gasteiger partial charge in [0.05, 0.1) is 6.54 Å². The maximum atomic E-state index is 4.45. The molecule has 1 N–H and O–H groups in total. The predicted molar refractivity (Wildman–Crippen MR) is 86.0 cm³/mol. The van der Waals surface area contributed by atoms with Crippen LogP contribution >= 0.6 is 0 Å². The van der Waals surface area contributed by atoms with Crippen molar-refractivity contribution in [3.63, 3.8) is 0 Å². The van der Waals surface area contributed by atoms with Gasteiger partial charge in [-0.1, -0.05) is 27.7 Å².